The molecule has 0 saturated carbocycles. The predicted octanol–water partition coefficient (Wildman–Crippen LogP) is 3.07. The highest BCUT2D eigenvalue weighted by molar-refractivity contribution is 9.10. The molecule has 0 saturated heterocycles. The number of anilines is 3. The summed E-state index contributed by atoms with van der Waals surface area (Å²) in [7, 11) is -4.79. The van der Waals surface area contributed by atoms with Crippen LogP contribution in [0.4, 0.5) is 21.3 Å². The van der Waals surface area contributed by atoms with Gasteiger partial charge in [-0.25, -0.2) is 4.98 Å². The Labute approximate surface area is 154 Å². The van der Waals surface area contributed by atoms with E-state index in [0.29, 0.717) is 16.0 Å². The molecule has 0 amide bonds. The number of nitrogens with zero attached hydrogens (tertiary/aromatic N) is 2. The third-order valence-corrected chi connectivity index (χ3v) is 4.84. The van der Waals surface area contributed by atoms with Crippen LogP contribution < -0.4 is 10.6 Å². The van der Waals surface area contributed by atoms with Gasteiger partial charge in [-0.05, 0) is 40.0 Å². The fourth-order valence-electron chi connectivity index (χ4n) is 1.98. The minimum Gasteiger partial charge on any atom is -0.394 e. The van der Waals surface area contributed by atoms with Crippen molar-refractivity contribution in [2.45, 2.75) is 24.8 Å². The fourth-order valence-corrected chi connectivity index (χ4v) is 2.80. The van der Waals surface area contributed by atoms with E-state index in [1.54, 1.807) is 6.07 Å². The molecule has 1 heterocycles. The molecule has 10 heteroatoms. The van der Waals surface area contributed by atoms with Gasteiger partial charge in [0.05, 0.1) is 17.1 Å². The lowest BCUT2D eigenvalue weighted by Gasteiger charge is -2.21. The number of hydrogen-bond donors (Lipinski definition) is 3. The number of halogens is 2. The highest BCUT2D eigenvalue weighted by atomic mass is 79.9. The number of aliphatic hydroxyl groups is 1. The average Bonchev–Trinajstić information content (AvgIpc) is 2.54. The molecule has 0 fully saturated rings. The number of aliphatic hydroxyl groups excluding tert-OH is 1. The Hall–Kier alpha value is -1.78. The second-order valence-electron chi connectivity index (χ2n) is 5.66. The number of aromatic nitrogens is 2. The second-order valence-corrected chi connectivity index (χ2v) is 7.86. The molecule has 25 heavy (non-hydrogen) atoms. The zero-order valence-electron chi connectivity index (χ0n) is 13.6. The van der Waals surface area contributed by atoms with E-state index in [1.807, 2.05) is 13.8 Å². The van der Waals surface area contributed by atoms with Gasteiger partial charge in [0.15, 0.2) is 0 Å². The number of rotatable bonds is 7. The molecular formula is C15H18BrFN4O3S. The van der Waals surface area contributed by atoms with Gasteiger partial charge < -0.3 is 15.7 Å². The molecule has 0 aliphatic carbocycles. The maximum atomic E-state index is 13.1. The summed E-state index contributed by atoms with van der Waals surface area (Å²) in [6, 6.07) is 5.09. The topological polar surface area (TPSA) is 104 Å². The highest BCUT2D eigenvalue weighted by Gasteiger charge is 2.16. The molecule has 0 radical (unpaired) electrons. The zero-order valence-corrected chi connectivity index (χ0v) is 16.0. The van der Waals surface area contributed by atoms with Crippen LogP contribution in [0.5, 0.6) is 0 Å². The number of benzene rings is 1. The van der Waals surface area contributed by atoms with Crippen LogP contribution >= 0.6 is 15.9 Å². The highest BCUT2D eigenvalue weighted by Crippen LogP contribution is 2.24. The summed E-state index contributed by atoms with van der Waals surface area (Å²) in [5.74, 6) is 0.841. The SMILES string of the molecule is CC(C)[C@@H](CO)Nc1nc(Nc2cccc(S(=O)(=O)F)c2)ncc1Br. The molecule has 0 spiro atoms. The zero-order chi connectivity index (χ0) is 18.6. The van der Waals surface area contributed by atoms with Crippen molar-refractivity contribution in [2.24, 2.45) is 5.92 Å². The minimum absolute atomic E-state index is 0.0622. The van der Waals surface area contributed by atoms with E-state index in [-0.39, 0.29) is 24.5 Å². The molecule has 7 nitrogen and oxygen atoms in total. The molecule has 0 aliphatic heterocycles. The molecule has 3 N–H and O–H groups in total. The first-order valence-electron chi connectivity index (χ1n) is 7.42. The van der Waals surface area contributed by atoms with Gasteiger partial charge >= 0.3 is 10.2 Å². The maximum absolute atomic E-state index is 13.1. The predicted molar refractivity (Wildman–Crippen MR) is 97.1 cm³/mol. The quantitative estimate of drug-likeness (QED) is 0.577. The smallest absolute Gasteiger partial charge is 0.332 e. The molecule has 0 aliphatic rings. The van der Waals surface area contributed by atoms with Crippen molar-refractivity contribution in [1.29, 1.82) is 0 Å². The van der Waals surface area contributed by atoms with E-state index in [2.05, 4.69) is 36.5 Å². The first-order valence-corrected chi connectivity index (χ1v) is 9.60. The Morgan fingerprint density at radius 2 is 2.08 bits per heavy atom. The van der Waals surface area contributed by atoms with Gasteiger partial charge in [0, 0.05) is 11.9 Å². The fraction of sp³-hybridized carbons (Fsp3) is 0.333. The van der Waals surface area contributed by atoms with Crippen LogP contribution in [0.1, 0.15) is 13.8 Å². The van der Waals surface area contributed by atoms with Gasteiger partial charge in [0.2, 0.25) is 5.95 Å². The number of nitrogens with one attached hydrogen (secondary N) is 2. The first-order chi connectivity index (χ1) is 11.7. The minimum atomic E-state index is -4.79. The maximum Gasteiger partial charge on any atom is 0.332 e. The molecule has 2 rings (SSSR count). The van der Waals surface area contributed by atoms with E-state index >= 15 is 0 Å². The molecule has 1 aromatic carbocycles. The Kier molecular flexibility index (Phi) is 6.31. The van der Waals surface area contributed by atoms with Gasteiger partial charge in [-0.2, -0.15) is 13.4 Å². The molecule has 1 atom stereocenters. The summed E-state index contributed by atoms with van der Waals surface area (Å²) < 4.78 is 35.7. The van der Waals surface area contributed by atoms with E-state index < -0.39 is 15.1 Å². The van der Waals surface area contributed by atoms with Crippen LogP contribution in [0.3, 0.4) is 0 Å². The largest absolute Gasteiger partial charge is 0.394 e. The molecule has 1 aromatic heterocycles. The molecule has 0 bridgehead atoms. The summed E-state index contributed by atoms with van der Waals surface area (Å²) in [5, 5.41) is 15.4. The van der Waals surface area contributed by atoms with Crippen LogP contribution in [-0.2, 0) is 10.2 Å². The summed E-state index contributed by atoms with van der Waals surface area (Å²) in [6.45, 7) is 3.86. The molecular weight excluding hydrogens is 415 g/mol. The summed E-state index contributed by atoms with van der Waals surface area (Å²) >= 11 is 3.33. The van der Waals surface area contributed by atoms with Crippen LogP contribution in [0, 0.1) is 5.92 Å². The second kappa shape index (κ2) is 8.07. The lowest BCUT2D eigenvalue weighted by Crippen LogP contribution is -2.30. The van der Waals surface area contributed by atoms with Crippen LogP contribution in [0.2, 0.25) is 0 Å². The van der Waals surface area contributed by atoms with Crippen molar-refractivity contribution in [2.75, 3.05) is 17.2 Å². The molecule has 2 aromatic rings. The Morgan fingerprint density at radius 1 is 1.36 bits per heavy atom. The Morgan fingerprint density at radius 3 is 2.68 bits per heavy atom. The van der Waals surface area contributed by atoms with Crippen molar-refractivity contribution < 1.29 is 17.4 Å². The van der Waals surface area contributed by atoms with Crippen LogP contribution in [0.25, 0.3) is 0 Å². The van der Waals surface area contributed by atoms with E-state index in [0.717, 1.165) is 12.1 Å². The van der Waals surface area contributed by atoms with Crippen LogP contribution in [0.15, 0.2) is 39.8 Å². The monoisotopic (exact) mass is 432 g/mol. The summed E-state index contributed by atoms with van der Waals surface area (Å²) in [4.78, 5) is 7.93. The normalized spacial score (nSPS) is 12.9. The van der Waals surface area contributed by atoms with Crippen molar-refractivity contribution in [3.63, 3.8) is 0 Å². The van der Waals surface area contributed by atoms with E-state index in [9.17, 15) is 17.4 Å². The third kappa shape index (κ3) is 5.35. The van der Waals surface area contributed by atoms with E-state index in [1.165, 1.54) is 12.3 Å². The summed E-state index contributed by atoms with van der Waals surface area (Å²) in [5.41, 5.74) is 0.328. The van der Waals surface area contributed by atoms with Crippen molar-refractivity contribution in [1.82, 2.24) is 9.97 Å². The standard InChI is InChI=1S/C15H18BrFN4O3S/c1-9(2)13(8-22)20-14-12(16)7-18-15(21-14)19-10-4-3-5-11(6-10)25(17,23)24/h3-7,9,13,22H,8H2,1-2H3,(H2,18,19,20,21)/t13-/m1/s1. The van der Waals surface area contributed by atoms with Crippen molar-refractivity contribution in [3.8, 4) is 0 Å². The third-order valence-electron chi connectivity index (χ3n) is 3.44. The van der Waals surface area contributed by atoms with Gasteiger partial charge in [0.25, 0.3) is 0 Å². The van der Waals surface area contributed by atoms with Crippen LogP contribution in [-0.4, -0.2) is 36.1 Å². The van der Waals surface area contributed by atoms with E-state index in [4.69, 9.17) is 0 Å². The van der Waals surface area contributed by atoms with Gasteiger partial charge in [-0.1, -0.05) is 19.9 Å². The molecule has 136 valence electrons. The van der Waals surface area contributed by atoms with Gasteiger partial charge in [0.1, 0.15) is 10.7 Å². The average molecular weight is 433 g/mol. The van der Waals surface area contributed by atoms with Crippen molar-refractivity contribution in [3.05, 3.63) is 34.9 Å². The van der Waals surface area contributed by atoms with Gasteiger partial charge in [-0.3, -0.25) is 0 Å². The molecule has 0 unspecified atom stereocenters. The lowest BCUT2D eigenvalue weighted by atomic mass is 10.1. The Bertz CT molecular complexity index is 848. The lowest BCUT2D eigenvalue weighted by molar-refractivity contribution is 0.249. The Balaban J connectivity index is 2.25. The summed E-state index contributed by atoms with van der Waals surface area (Å²) in [6.07, 6.45) is 1.52. The van der Waals surface area contributed by atoms with Gasteiger partial charge in [-0.15, -0.1) is 3.89 Å². The number of hydrogen-bond acceptors (Lipinski definition) is 7. The van der Waals surface area contributed by atoms with Crippen molar-refractivity contribution >= 4 is 43.6 Å². The first kappa shape index (κ1) is 19.5.